The lowest BCUT2D eigenvalue weighted by Crippen LogP contribution is -2.53. The number of ether oxygens (including phenoxy) is 2. The second-order valence-corrected chi connectivity index (χ2v) is 10.9. The van der Waals surface area contributed by atoms with Gasteiger partial charge in [0.15, 0.2) is 11.6 Å². The van der Waals surface area contributed by atoms with Gasteiger partial charge in [0, 0.05) is 13.0 Å². The Labute approximate surface area is 236 Å². The number of rotatable bonds is 12. The van der Waals surface area contributed by atoms with Gasteiger partial charge in [-0.05, 0) is 58.8 Å². The molecule has 4 atom stereocenters. The number of hydrogen-bond donors (Lipinski definition) is 2. The molecule has 8 nitrogen and oxygen atoms in total. The van der Waals surface area contributed by atoms with Gasteiger partial charge in [-0.15, -0.1) is 0 Å². The lowest BCUT2D eigenvalue weighted by atomic mass is 9.87. The minimum atomic E-state index is -1.79. The minimum absolute atomic E-state index is 0.0558. The molecular weight excluding hydrogens is 566 g/mol. The molecule has 0 bridgehead atoms. The number of benzene rings is 2. The molecule has 4 rings (SSSR count). The normalized spacial score (nSPS) is 23.9. The van der Waals surface area contributed by atoms with Gasteiger partial charge in [0.2, 0.25) is 5.91 Å². The van der Waals surface area contributed by atoms with E-state index in [0.29, 0.717) is 19.3 Å². The number of ketones is 1. The quantitative estimate of drug-likeness (QED) is 0.349. The molecule has 2 amide bonds. The predicted octanol–water partition coefficient (Wildman–Crippen LogP) is 4.31. The van der Waals surface area contributed by atoms with Crippen molar-refractivity contribution in [2.75, 3.05) is 13.2 Å². The van der Waals surface area contributed by atoms with Gasteiger partial charge in [0.1, 0.15) is 12.7 Å². The molecule has 2 N–H and O–H groups in total. The Balaban J connectivity index is 1.60. The van der Waals surface area contributed by atoms with E-state index in [0.717, 1.165) is 28.9 Å². The molecule has 1 fully saturated rings. The number of imide groups is 1. The van der Waals surface area contributed by atoms with Crippen LogP contribution in [0.5, 0.6) is 0 Å². The third kappa shape index (κ3) is 7.22. The van der Waals surface area contributed by atoms with E-state index in [1.807, 2.05) is 60.7 Å². The van der Waals surface area contributed by atoms with Gasteiger partial charge < -0.3 is 19.7 Å². The maximum atomic E-state index is 14.1. The molecule has 2 heterocycles. The maximum Gasteiger partial charge on any atom is 0.416 e. The predicted molar refractivity (Wildman–Crippen MR) is 148 cm³/mol. The van der Waals surface area contributed by atoms with Crippen LogP contribution in [0.25, 0.3) is 0 Å². The lowest BCUT2D eigenvalue weighted by molar-refractivity contribution is -0.218. The van der Waals surface area contributed by atoms with E-state index in [4.69, 9.17) is 14.6 Å². The molecule has 1 saturated heterocycles. The van der Waals surface area contributed by atoms with Crippen molar-refractivity contribution in [2.45, 2.75) is 62.9 Å². The van der Waals surface area contributed by atoms with Crippen LogP contribution in [0.2, 0.25) is 0 Å². The molecule has 2 aliphatic heterocycles. The number of halogens is 1. The Morgan fingerprint density at radius 3 is 2.31 bits per heavy atom. The van der Waals surface area contributed by atoms with Crippen LogP contribution in [0.15, 0.2) is 71.2 Å². The zero-order valence-corrected chi connectivity index (χ0v) is 23.3. The number of aliphatic hydroxyl groups excluding tert-OH is 1. The van der Waals surface area contributed by atoms with Gasteiger partial charge in [0.05, 0.1) is 16.4 Å². The van der Waals surface area contributed by atoms with Crippen LogP contribution in [0.1, 0.15) is 43.2 Å². The van der Waals surface area contributed by atoms with Crippen molar-refractivity contribution in [1.82, 2.24) is 4.90 Å². The van der Waals surface area contributed by atoms with E-state index in [1.165, 1.54) is 6.08 Å². The standard InChI is InChI=1S/C30H34BrNO7/c31-26-19-25(34)27(39-30(26,37)15-9-1-2-10-16-33)24(18-22-13-7-4-8-14-22)28(35)32-23(20-38-29(32)36)17-21-11-5-3-6-12-21/h3-8,11-14,19,23-24,27,33,37H,1-2,9-10,15-18,20H2/t23-,24+,27-,30+/m0/s1. The molecule has 0 saturated carbocycles. The number of cyclic esters (lactones) is 1. The smallest absolute Gasteiger partial charge is 0.416 e. The Morgan fingerprint density at radius 1 is 1.00 bits per heavy atom. The third-order valence-corrected chi connectivity index (χ3v) is 8.01. The van der Waals surface area contributed by atoms with Gasteiger partial charge in [-0.3, -0.25) is 9.59 Å². The van der Waals surface area contributed by atoms with Crippen LogP contribution in [-0.2, 0) is 31.9 Å². The molecule has 2 aliphatic rings. The van der Waals surface area contributed by atoms with Crippen LogP contribution in [-0.4, -0.2) is 64.0 Å². The highest BCUT2D eigenvalue weighted by Crippen LogP contribution is 2.38. The molecular formula is C30H34BrNO7. The van der Waals surface area contributed by atoms with Gasteiger partial charge >= 0.3 is 6.09 Å². The summed E-state index contributed by atoms with van der Waals surface area (Å²) in [4.78, 5) is 41.3. The van der Waals surface area contributed by atoms with E-state index in [1.54, 1.807) is 0 Å². The molecule has 0 unspecified atom stereocenters. The first-order valence-electron chi connectivity index (χ1n) is 13.3. The van der Waals surface area contributed by atoms with Crippen molar-refractivity contribution >= 4 is 33.7 Å². The summed E-state index contributed by atoms with van der Waals surface area (Å²) in [5.41, 5.74) is 1.74. The number of unbranched alkanes of at least 4 members (excludes halogenated alkanes) is 3. The SMILES string of the molecule is O=C1C=C(Br)[C@@](O)(CCCCCCO)O[C@H]1[C@@H](Cc1ccccc1)C(=O)N1C(=O)OC[C@@H]1Cc1ccccc1. The van der Waals surface area contributed by atoms with Crippen LogP contribution >= 0.6 is 15.9 Å². The molecule has 2 aromatic rings. The molecule has 0 spiro atoms. The molecule has 0 radical (unpaired) electrons. The molecule has 9 heteroatoms. The van der Waals surface area contributed by atoms with Gasteiger partial charge in [-0.25, -0.2) is 9.69 Å². The summed E-state index contributed by atoms with van der Waals surface area (Å²) in [6.45, 7) is 0.161. The van der Waals surface area contributed by atoms with Crippen LogP contribution < -0.4 is 0 Å². The first-order chi connectivity index (χ1) is 18.8. The Bertz CT molecular complexity index is 1170. The fourth-order valence-corrected chi connectivity index (χ4v) is 5.59. The summed E-state index contributed by atoms with van der Waals surface area (Å²) < 4.78 is 11.5. The first-order valence-corrected chi connectivity index (χ1v) is 14.1. The maximum absolute atomic E-state index is 14.1. The highest BCUT2D eigenvalue weighted by Gasteiger charge is 2.49. The van der Waals surface area contributed by atoms with Gasteiger partial charge in [-0.1, -0.05) is 73.5 Å². The number of nitrogens with zero attached hydrogens (tertiary/aromatic N) is 1. The van der Waals surface area contributed by atoms with Crippen molar-refractivity contribution < 1.29 is 34.1 Å². The molecule has 208 valence electrons. The van der Waals surface area contributed by atoms with E-state index < -0.39 is 41.6 Å². The highest BCUT2D eigenvalue weighted by atomic mass is 79.9. The molecule has 39 heavy (non-hydrogen) atoms. The van der Waals surface area contributed by atoms with Crippen LogP contribution in [0, 0.1) is 5.92 Å². The summed E-state index contributed by atoms with van der Waals surface area (Å²) in [6.07, 6.45) is 2.80. The van der Waals surface area contributed by atoms with Crippen molar-refractivity contribution in [2.24, 2.45) is 5.92 Å². The first kappa shape index (κ1) is 29.1. The largest absolute Gasteiger partial charge is 0.447 e. The Hall–Kier alpha value is -2.85. The molecule has 2 aromatic carbocycles. The molecule has 0 aromatic heterocycles. The van der Waals surface area contributed by atoms with E-state index in [9.17, 15) is 19.5 Å². The van der Waals surface area contributed by atoms with E-state index >= 15 is 0 Å². The third-order valence-electron chi connectivity index (χ3n) is 7.16. The van der Waals surface area contributed by atoms with Crippen molar-refractivity contribution in [3.63, 3.8) is 0 Å². The van der Waals surface area contributed by atoms with Crippen molar-refractivity contribution in [1.29, 1.82) is 0 Å². The Morgan fingerprint density at radius 2 is 1.64 bits per heavy atom. The summed E-state index contributed by atoms with van der Waals surface area (Å²) in [6, 6.07) is 18.2. The zero-order chi connectivity index (χ0) is 27.8. The number of carbonyl (C=O) groups is 3. The monoisotopic (exact) mass is 599 g/mol. The van der Waals surface area contributed by atoms with Crippen LogP contribution in [0.3, 0.4) is 0 Å². The summed E-state index contributed by atoms with van der Waals surface area (Å²) >= 11 is 3.29. The fraction of sp³-hybridized carbons (Fsp3) is 0.433. The highest BCUT2D eigenvalue weighted by molar-refractivity contribution is 9.11. The van der Waals surface area contributed by atoms with E-state index in [2.05, 4.69) is 15.9 Å². The van der Waals surface area contributed by atoms with Crippen molar-refractivity contribution in [3.8, 4) is 0 Å². The Kier molecular flexibility index (Phi) is 10.1. The summed E-state index contributed by atoms with van der Waals surface area (Å²) in [7, 11) is 0. The van der Waals surface area contributed by atoms with E-state index in [-0.39, 0.29) is 30.5 Å². The number of aliphatic hydroxyl groups is 2. The second kappa shape index (κ2) is 13.5. The fourth-order valence-electron chi connectivity index (χ4n) is 5.07. The van der Waals surface area contributed by atoms with Gasteiger partial charge in [-0.2, -0.15) is 0 Å². The average molecular weight is 601 g/mol. The van der Waals surface area contributed by atoms with Crippen molar-refractivity contribution in [3.05, 3.63) is 82.3 Å². The van der Waals surface area contributed by atoms with Gasteiger partial charge in [0.25, 0.3) is 0 Å². The number of amides is 2. The second-order valence-electron chi connectivity index (χ2n) is 10.0. The number of carbonyl (C=O) groups excluding carboxylic acids is 3. The zero-order valence-electron chi connectivity index (χ0n) is 21.7. The topological polar surface area (TPSA) is 113 Å². The average Bonchev–Trinajstić information content (AvgIpc) is 3.30. The van der Waals surface area contributed by atoms with Crippen LogP contribution in [0.4, 0.5) is 4.79 Å². The summed E-state index contributed by atoms with van der Waals surface area (Å²) in [5.74, 6) is -3.89. The number of hydrogen-bond acceptors (Lipinski definition) is 7. The lowest BCUT2D eigenvalue weighted by Gasteiger charge is -2.38. The minimum Gasteiger partial charge on any atom is -0.447 e. The molecule has 0 aliphatic carbocycles. The summed E-state index contributed by atoms with van der Waals surface area (Å²) in [5, 5.41) is 20.4.